The van der Waals surface area contributed by atoms with Gasteiger partial charge in [-0.1, -0.05) is 6.07 Å². The maximum atomic E-state index is 13.9. The van der Waals surface area contributed by atoms with E-state index in [2.05, 4.69) is 5.32 Å². The molecule has 26 heavy (non-hydrogen) atoms. The molecule has 2 amide bonds. The maximum absolute atomic E-state index is 13.9. The molecule has 1 atom stereocenters. The monoisotopic (exact) mass is 382 g/mol. The van der Waals surface area contributed by atoms with Crippen LogP contribution in [0.5, 0.6) is 0 Å². The van der Waals surface area contributed by atoms with Gasteiger partial charge >= 0.3 is 6.09 Å². The number of aliphatic hydroxyl groups is 1. The minimum atomic E-state index is -2.38. The maximum Gasteiger partial charge on any atom is 0.410 e. The Morgan fingerprint density at radius 1 is 1.38 bits per heavy atom. The smallest absolute Gasteiger partial charge is 0.407 e. The molecule has 1 aliphatic rings. The number of nitrogens with one attached hydrogen (secondary N) is 1. The van der Waals surface area contributed by atoms with E-state index in [0.717, 1.165) is 21.9 Å². The van der Waals surface area contributed by atoms with Gasteiger partial charge in [-0.3, -0.25) is 4.79 Å². The number of halogens is 2. The molecule has 0 radical (unpaired) electrons. The molecule has 0 bridgehead atoms. The van der Waals surface area contributed by atoms with Gasteiger partial charge in [0.1, 0.15) is 11.6 Å². The van der Waals surface area contributed by atoms with Gasteiger partial charge < -0.3 is 20.1 Å². The summed E-state index contributed by atoms with van der Waals surface area (Å²) >= 11 is 1.54. The summed E-state index contributed by atoms with van der Waals surface area (Å²) in [5, 5.41) is 14.7. The number of rotatable bonds is 5. The Hall–Kier alpha value is -2.52. The van der Waals surface area contributed by atoms with Crippen LogP contribution in [0, 0.1) is 11.6 Å². The molecule has 3 rings (SSSR count). The number of carbonyl (C=O) groups excluding carboxylic acids is 2. The molecule has 0 unspecified atom stereocenters. The van der Waals surface area contributed by atoms with Crippen LogP contribution >= 0.6 is 11.3 Å². The molecule has 1 aromatic heterocycles. The Morgan fingerprint density at radius 2 is 2.19 bits per heavy atom. The van der Waals surface area contributed by atoms with Crippen LogP contribution in [0.25, 0.3) is 0 Å². The van der Waals surface area contributed by atoms with Gasteiger partial charge in [0, 0.05) is 30.5 Å². The summed E-state index contributed by atoms with van der Waals surface area (Å²) in [6.07, 6.45) is -0.577. The average molecular weight is 382 g/mol. The van der Waals surface area contributed by atoms with Crippen molar-refractivity contribution < 1.29 is 28.2 Å². The topological polar surface area (TPSA) is 78.9 Å². The molecule has 0 spiro atoms. The minimum absolute atomic E-state index is 0.0691. The standard InChI is InChI=1S/C17H16F2N2O4S/c18-11-3-4-14(13(19)10-11)21-8-6-17(24,15(21)22)25-16(23)20-7-5-12-2-1-9-26-12/h1-4,9-10,24H,5-8H2,(H,20,23)/t17-/m0/s1. The number of amides is 2. The average Bonchev–Trinajstić information content (AvgIpc) is 3.18. The highest BCUT2D eigenvalue weighted by molar-refractivity contribution is 7.09. The first-order valence-electron chi connectivity index (χ1n) is 7.88. The van der Waals surface area contributed by atoms with E-state index in [4.69, 9.17) is 4.74 Å². The van der Waals surface area contributed by atoms with Crippen molar-refractivity contribution in [1.82, 2.24) is 5.32 Å². The van der Waals surface area contributed by atoms with Gasteiger partial charge in [0.2, 0.25) is 0 Å². The Bertz CT molecular complexity index is 815. The molecule has 2 heterocycles. The van der Waals surface area contributed by atoms with Crippen molar-refractivity contribution in [2.24, 2.45) is 0 Å². The molecule has 138 valence electrons. The van der Waals surface area contributed by atoms with Crippen LogP contribution in [0.2, 0.25) is 0 Å². The van der Waals surface area contributed by atoms with Crippen molar-refractivity contribution in [1.29, 1.82) is 0 Å². The molecule has 1 aliphatic heterocycles. The lowest BCUT2D eigenvalue weighted by atomic mass is 10.2. The van der Waals surface area contributed by atoms with E-state index in [1.807, 2.05) is 17.5 Å². The molecule has 0 aliphatic carbocycles. The van der Waals surface area contributed by atoms with Gasteiger partial charge in [-0.05, 0) is 30.0 Å². The molecule has 1 saturated heterocycles. The lowest BCUT2D eigenvalue weighted by molar-refractivity contribution is -0.175. The van der Waals surface area contributed by atoms with Gasteiger partial charge in [0.15, 0.2) is 0 Å². The quantitative estimate of drug-likeness (QED) is 0.779. The van der Waals surface area contributed by atoms with Crippen molar-refractivity contribution in [3.8, 4) is 0 Å². The highest BCUT2D eigenvalue weighted by atomic mass is 32.1. The predicted molar refractivity (Wildman–Crippen MR) is 90.8 cm³/mol. The molecule has 1 fully saturated rings. The van der Waals surface area contributed by atoms with Gasteiger partial charge in [-0.2, -0.15) is 0 Å². The van der Waals surface area contributed by atoms with Gasteiger partial charge in [-0.15, -0.1) is 11.3 Å². The second-order valence-corrected chi connectivity index (χ2v) is 6.76. The first kappa shape index (κ1) is 18.3. The zero-order valence-electron chi connectivity index (χ0n) is 13.6. The second kappa shape index (κ2) is 7.38. The van der Waals surface area contributed by atoms with E-state index in [1.54, 1.807) is 11.3 Å². The SMILES string of the molecule is O=C(NCCc1cccs1)O[C@@]1(O)CCN(c2ccc(F)cc2F)C1=O. The molecule has 2 N–H and O–H groups in total. The van der Waals surface area contributed by atoms with E-state index in [1.165, 1.54) is 0 Å². The van der Waals surface area contributed by atoms with Crippen LogP contribution < -0.4 is 10.2 Å². The lowest BCUT2D eigenvalue weighted by Gasteiger charge is -2.22. The molecule has 2 aromatic rings. The van der Waals surface area contributed by atoms with Crippen LogP contribution in [0.4, 0.5) is 19.3 Å². The Morgan fingerprint density at radius 3 is 2.88 bits per heavy atom. The Labute approximate surface area is 152 Å². The zero-order valence-corrected chi connectivity index (χ0v) is 14.4. The van der Waals surface area contributed by atoms with Crippen LogP contribution in [0.1, 0.15) is 11.3 Å². The second-order valence-electron chi connectivity index (χ2n) is 5.73. The summed E-state index contributed by atoms with van der Waals surface area (Å²) in [4.78, 5) is 26.2. The van der Waals surface area contributed by atoms with Crippen molar-refractivity contribution in [3.05, 3.63) is 52.2 Å². The highest BCUT2D eigenvalue weighted by Crippen LogP contribution is 2.31. The highest BCUT2D eigenvalue weighted by Gasteiger charge is 2.50. The fourth-order valence-electron chi connectivity index (χ4n) is 2.64. The summed E-state index contributed by atoms with van der Waals surface area (Å²) in [5.74, 6) is -5.08. The number of ether oxygens (including phenoxy) is 1. The van der Waals surface area contributed by atoms with Gasteiger partial charge in [0.05, 0.1) is 5.69 Å². The number of nitrogens with zero attached hydrogens (tertiary/aromatic N) is 1. The molecule has 6 nitrogen and oxygen atoms in total. The zero-order chi connectivity index (χ0) is 18.7. The van der Waals surface area contributed by atoms with Gasteiger partial charge in [-0.25, -0.2) is 13.6 Å². The number of carbonyl (C=O) groups is 2. The first-order chi connectivity index (χ1) is 12.4. The summed E-state index contributed by atoms with van der Waals surface area (Å²) in [6, 6.07) is 6.54. The predicted octanol–water partition coefficient (Wildman–Crippen LogP) is 2.42. The fourth-order valence-corrected chi connectivity index (χ4v) is 3.35. The molecule has 0 saturated carbocycles. The largest absolute Gasteiger partial charge is 0.410 e. The van der Waals surface area contributed by atoms with Crippen LogP contribution in [0.15, 0.2) is 35.7 Å². The summed E-state index contributed by atoms with van der Waals surface area (Å²) in [6.45, 7) is 0.209. The normalized spacial score (nSPS) is 19.7. The van der Waals surface area contributed by atoms with E-state index in [0.29, 0.717) is 12.5 Å². The number of hydrogen-bond acceptors (Lipinski definition) is 5. The third-order valence-electron chi connectivity index (χ3n) is 3.94. The number of anilines is 1. The van der Waals surface area contributed by atoms with Crippen LogP contribution in [-0.4, -0.2) is 36.0 Å². The first-order valence-corrected chi connectivity index (χ1v) is 8.76. The van der Waals surface area contributed by atoms with Crippen molar-refractivity contribution in [2.75, 3.05) is 18.0 Å². The summed E-state index contributed by atoms with van der Waals surface area (Å²) < 4.78 is 31.7. The summed E-state index contributed by atoms with van der Waals surface area (Å²) in [7, 11) is 0. The van der Waals surface area contributed by atoms with Crippen molar-refractivity contribution in [3.63, 3.8) is 0 Å². The molecular weight excluding hydrogens is 366 g/mol. The number of hydrogen-bond donors (Lipinski definition) is 2. The van der Waals surface area contributed by atoms with E-state index < -0.39 is 29.4 Å². The molecule has 1 aromatic carbocycles. The van der Waals surface area contributed by atoms with Crippen LogP contribution in [-0.2, 0) is 16.0 Å². The lowest BCUT2D eigenvalue weighted by Crippen LogP contribution is -2.46. The number of alkyl carbamates (subject to hydrolysis) is 1. The Balaban J connectivity index is 1.59. The van der Waals surface area contributed by atoms with E-state index >= 15 is 0 Å². The molecule has 9 heteroatoms. The third kappa shape index (κ3) is 3.83. The van der Waals surface area contributed by atoms with Crippen molar-refractivity contribution >= 4 is 29.0 Å². The fraction of sp³-hybridized carbons (Fsp3) is 0.294. The van der Waals surface area contributed by atoms with Crippen LogP contribution in [0.3, 0.4) is 0 Å². The number of thiophene rings is 1. The van der Waals surface area contributed by atoms with Crippen molar-refractivity contribution in [2.45, 2.75) is 18.6 Å². The Kier molecular flexibility index (Phi) is 5.19. The minimum Gasteiger partial charge on any atom is -0.407 e. The van der Waals surface area contributed by atoms with Gasteiger partial charge in [0.25, 0.3) is 11.7 Å². The molecular formula is C17H16F2N2O4S. The van der Waals surface area contributed by atoms with E-state index in [9.17, 15) is 23.5 Å². The van der Waals surface area contributed by atoms with E-state index in [-0.39, 0.29) is 25.2 Å². The number of benzene rings is 1. The third-order valence-corrected chi connectivity index (χ3v) is 4.87. The summed E-state index contributed by atoms with van der Waals surface area (Å²) in [5.41, 5.74) is -0.186.